The number of sulfonamides is 1. The number of hydrogen-bond donors (Lipinski definition) is 1. The maximum absolute atomic E-state index is 12.8. The fourth-order valence-corrected chi connectivity index (χ4v) is 5.08. The van der Waals surface area contributed by atoms with Gasteiger partial charge in [0.1, 0.15) is 0 Å². The molecule has 0 saturated carbocycles. The van der Waals surface area contributed by atoms with Crippen molar-refractivity contribution in [3.63, 3.8) is 0 Å². The summed E-state index contributed by atoms with van der Waals surface area (Å²) in [6, 6.07) is 7.47. The van der Waals surface area contributed by atoms with E-state index in [-0.39, 0.29) is 0 Å². The highest BCUT2D eigenvalue weighted by Crippen LogP contribution is 2.30. The zero-order chi connectivity index (χ0) is 15.7. The van der Waals surface area contributed by atoms with Gasteiger partial charge < -0.3 is 5.32 Å². The normalized spacial score (nSPS) is 27.5. The van der Waals surface area contributed by atoms with Crippen LogP contribution in [0, 0.1) is 11.8 Å². The quantitative estimate of drug-likeness (QED) is 0.926. The smallest absolute Gasteiger partial charge is 0.243 e. The third-order valence-electron chi connectivity index (χ3n) is 5.37. The first-order valence-corrected chi connectivity index (χ1v) is 9.77. The molecule has 2 heterocycles. The van der Waals surface area contributed by atoms with E-state index in [1.165, 1.54) is 5.56 Å². The van der Waals surface area contributed by atoms with Gasteiger partial charge in [-0.2, -0.15) is 4.31 Å². The van der Waals surface area contributed by atoms with Crippen LogP contribution in [0.2, 0.25) is 0 Å². The summed E-state index contributed by atoms with van der Waals surface area (Å²) < 4.78 is 27.3. The summed E-state index contributed by atoms with van der Waals surface area (Å²) in [6.45, 7) is 7.62. The SMILES string of the molecule is CCC(C)c1ccc(S(=O)(=O)N2CCC3CNCC3C2)cc1. The average molecular weight is 322 g/mol. The van der Waals surface area contributed by atoms with E-state index in [2.05, 4.69) is 19.2 Å². The molecule has 0 aliphatic carbocycles. The van der Waals surface area contributed by atoms with Crippen LogP contribution < -0.4 is 5.32 Å². The Morgan fingerprint density at radius 2 is 1.91 bits per heavy atom. The molecule has 122 valence electrons. The van der Waals surface area contributed by atoms with Crippen LogP contribution in [-0.2, 0) is 10.0 Å². The van der Waals surface area contributed by atoms with Gasteiger partial charge in [0.05, 0.1) is 4.90 Å². The minimum Gasteiger partial charge on any atom is -0.316 e. The number of hydrogen-bond acceptors (Lipinski definition) is 3. The van der Waals surface area contributed by atoms with Crippen LogP contribution in [0.5, 0.6) is 0 Å². The third kappa shape index (κ3) is 2.94. The number of piperidine rings is 1. The van der Waals surface area contributed by atoms with Crippen molar-refractivity contribution in [1.29, 1.82) is 0 Å². The predicted octanol–water partition coefficient (Wildman–Crippen LogP) is 2.43. The van der Waals surface area contributed by atoms with Gasteiger partial charge in [-0.25, -0.2) is 8.42 Å². The fourth-order valence-electron chi connectivity index (χ4n) is 3.57. The van der Waals surface area contributed by atoms with E-state index < -0.39 is 10.0 Å². The molecule has 2 aliphatic rings. The van der Waals surface area contributed by atoms with Crippen LogP contribution in [-0.4, -0.2) is 38.9 Å². The summed E-state index contributed by atoms with van der Waals surface area (Å²) in [5, 5.41) is 3.38. The molecule has 22 heavy (non-hydrogen) atoms. The predicted molar refractivity (Wildman–Crippen MR) is 88.4 cm³/mol. The molecule has 4 nitrogen and oxygen atoms in total. The van der Waals surface area contributed by atoms with Gasteiger partial charge in [0, 0.05) is 13.1 Å². The molecule has 3 rings (SSSR count). The molecule has 0 radical (unpaired) electrons. The molecule has 1 aromatic rings. The lowest BCUT2D eigenvalue weighted by molar-refractivity contribution is 0.228. The van der Waals surface area contributed by atoms with Crippen molar-refractivity contribution in [3.05, 3.63) is 29.8 Å². The third-order valence-corrected chi connectivity index (χ3v) is 7.25. The Morgan fingerprint density at radius 3 is 2.59 bits per heavy atom. The van der Waals surface area contributed by atoms with E-state index in [1.807, 2.05) is 12.1 Å². The summed E-state index contributed by atoms with van der Waals surface area (Å²) in [5.41, 5.74) is 1.21. The van der Waals surface area contributed by atoms with Gasteiger partial charge in [-0.15, -0.1) is 0 Å². The summed E-state index contributed by atoms with van der Waals surface area (Å²) in [7, 11) is -3.34. The number of nitrogens with zero attached hydrogens (tertiary/aromatic N) is 1. The molecule has 1 N–H and O–H groups in total. The fraction of sp³-hybridized carbons (Fsp3) is 0.647. The van der Waals surface area contributed by atoms with E-state index >= 15 is 0 Å². The molecule has 3 atom stereocenters. The van der Waals surface area contributed by atoms with Gasteiger partial charge in [0.25, 0.3) is 0 Å². The molecule has 2 fully saturated rings. The van der Waals surface area contributed by atoms with E-state index in [1.54, 1.807) is 16.4 Å². The van der Waals surface area contributed by atoms with Gasteiger partial charge in [0.15, 0.2) is 0 Å². The summed E-state index contributed by atoms with van der Waals surface area (Å²) in [4.78, 5) is 0.434. The van der Waals surface area contributed by atoms with Crippen molar-refractivity contribution < 1.29 is 8.42 Å². The lowest BCUT2D eigenvalue weighted by Crippen LogP contribution is -2.43. The minimum atomic E-state index is -3.34. The largest absolute Gasteiger partial charge is 0.316 e. The van der Waals surface area contributed by atoms with E-state index in [0.29, 0.717) is 35.7 Å². The van der Waals surface area contributed by atoms with Gasteiger partial charge in [-0.1, -0.05) is 26.0 Å². The maximum atomic E-state index is 12.8. The second-order valence-corrected chi connectivity index (χ2v) is 8.65. The standard InChI is InChI=1S/C17H26N2O2S/c1-3-13(2)14-4-6-17(7-5-14)22(20,21)19-9-8-15-10-18-11-16(15)12-19/h4-7,13,15-16,18H,3,8-12H2,1-2H3. The topological polar surface area (TPSA) is 49.4 Å². The van der Waals surface area contributed by atoms with Crippen molar-refractivity contribution in [2.24, 2.45) is 11.8 Å². The molecule has 1 aromatic carbocycles. The van der Waals surface area contributed by atoms with Crippen LogP contribution in [0.1, 0.15) is 38.2 Å². The van der Waals surface area contributed by atoms with Crippen molar-refractivity contribution >= 4 is 10.0 Å². The zero-order valence-corrected chi connectivity index (χ0v) is 14.3. The molecular formula is C17H26N2O2S. The highest BCUT2D eigenvalue weighted by molar-refractivity contribution is 7.89. The molecule has 3 unspecified atom stereocenters. The Labute approximate surface area is 134 Å². The highest BCUT2D eigenvalue weighted by atomic mass is 32.2. The number of benzene rings is 1. The Hall–Kier alpha value is -0.910. The lowest BCUT2D eigenvalue weighted by atomic mass is 9.90. The Bertz CT molecular complexity index is 612. The van der Waals surface area contributed by atoms with Gasteiger partial charge in [0.2, 0.25) is 10.0 Å². The van der Waals surface area contributed by atoms with Gasteiger partial charge >= 0.3 is 0 Å². The Morgan fingerprint density at radius 1 is 1.23 bits per heavy atom. The maximum Gasteiger partial charge on any atom is 0.243 e. The highest BCUT2D eigenvalue weighted by Gasteiger charge is 2.37. The van der Waals surface area contributed by atoms with Crippen molar-refractivity contribution in [1.82, 2.24) is 9.62 Å². The molecule has 0 spiro atoms. The molecule has 2 aliphatic heterocycles. The Kier molecular flexibility index (Phi) is 4.57. The molecular weight excluding hydrogens is 296 g/mol. The Balaban J connectivity index is 1.77. The number of rotatable bonds is 4. The van der Waals surface area contributed by atoms with Crippen LogP contribution >= 0.6 is 0 Å². The lowest BCUT2D eigenvalue weighted by Gasteiger charge is -2.33. The second kappa shape index (κ2) is 6.30. The van der Waals surface area contributed by atoms with Crippen LogP contribution in [0.3, 0.4) is 0 Å². The van der Waals surface area contributed by atoms with Crippen molar-refractivity contribution in [3.8, 4) is 0 Å². The van der Waals surface area contributed by atoms with Crippen LogP contribution in [0.4, 0.5) is 0 Å². The van der Waals surface area contributed by atoms with Crippen LogP contribution in [0.15, 0.2) is 29.2 Å². The first kappa shape index (κ1) is 16.0. The van der Waals surface area contributed by atoms with Gasteiger partial charge in [-0.3, -0.25) is 0 Å². The monoisotopic (exact) mass is 322 g/mol. The molecule has 0 aromatic heterocycles. The van der Waals surface area contributed by atoms with Gasteiger partial charge in [-0.05, 0) is 61.4 Å². The summed E-state index contributed by atoms with van der Waals surface area (Å²) in [6.07, 6.45) is 2.04. The molecule has 5 heteroatoms. The molecule has 0 bridgehead atoms. The number of nitrogens with one attached hydrogen (secondary N) is 1. The van der Waals surface area contributed by atoms with E-state index in [0.717, 1.165) is 25.9 Å². The second-order valence-electron chi connectivity index (χ2n) is 6.71. The molecule has 0 amide bonds. The van der Waals surface area contributed by atoms with Crippen molar-refractivity contribution in [2.75, 3.05) is 26.2 Å². The first-order valence-electron chi connectivity index (χ1n) is 8.33. The average Bonchev–Trinajstić information content (AvgIpc) is 3.01. The number of fused-ring (bicyclic) bond motifs is 1. The van der Waals surface area contributed by atoms with E-state index in [4.69, 9.17) is 0 Å². The summed E-state index contributed by atoms with van der Waals surface area (Å²) in [5.74, 6) is 1.60. The minimum absolute atomic E-state index is 0.434. The molecule has 2 saturated heterocycles. The van der Waals surface area contributed by atoms with E-state index in [9.17, 15) is 8.42 Å². The first-order chi connectivity index (χ1) is 10.5. The van der Waals surface area contributed by atoms with Crippen LogP contribution in [0.25, 0.3) is 0 Å². The van der Waals surface area contributed by atoms with Crippen molar-refractivity contribution in [2.45, 2.75) is 37.5 Å². The zero-order valence-electron chi connectivity index (χ0n) is 13.5. The summed E-state index contributed by atoms with van der Waals surface area (Å²) >= 11 is 0.